The summed E-state index contributed by atoms with van der Waals surface area (Å²) >= 11 is 1.49. The van der Waals surface area contributed by atoms with E-state index in [4.69, 9.17) is 0 Å². The Morgan fingerprint density at radius 2 is 1.67 bits per heavy atom. The lowest BCUT2D eigenvalue weighted by Gasteiger charge is -2.18. The second-order valence-corrected chi connectivity index (χ2v) is 9.52. The van der Waals surface area contributed by atoms with Crippen molar-refractivity contribution in [3.05, 3.63) is 97.5 Å². The summed E-state index contributed by atoms with van der Waals surface area (Å²) in [7, 11) is 0. The number of thiophene rings is 1. The molecule has 7 heteroatoms. The first kappa shape index (κ1) is 21.4. The van der Waals surface area contributed by atoms with Gasteiger partial charge in [0.1, 0.15) is 11.4 Å². The third-order valence-corrected chi connectivity index (χ3v) is 7.61. The smallest absolute Gasteiger partial charge is 0.325 e. The van der Waals surface area contributed by atoms with Crippen molar-refractivity contribution in [2.75, 3.05) is 5.32 Å². The zero-order chi connectivity index (χ0) is 22.9. The summed E-state index contributed by atoms with van der Waals surface area (Å²) < 4.78 is 2.80. The number of aromatic nitrogens is 2. The minimum Gasteiger partial charge on any atom is -0.325 e. The van der Waals surface area contributed by atoms with E-state index in [2.05, 4.69) is 5.32 Å². The highest BCUT2D eigenvalue weighted by atomic mass is 32.1. The number of carbonyl (C=O) groups is 1. The summed E-state index contributed by atoms with van der Waals surface area (Å²) in [5.41, 5.74) is 1.89. The molecule has 2 aromatic carbocycles. The Balaban J connectivity index is 1.67. The van der Waals surface area contributed by atoms with E-state index in [0.29, 0.717) is 15.9 Å². The quantitative estimate of drug-likeness (QED) is 0.482. The molecule has 0 saturated heterocycles. The number of fused-ring (bicyclic) bond motifs is 3. The number of nitrogens with one attached hydrogen (secondary N) is 1. The molecule has 1 unspecified atom stereocenters. The minimum absolute atomic E-state index is 0.147. The van der Waals surface area contributed by atoms with Crippen molar-refractivity contribution in [3.63, 3.8) is 0 Å². The second kappa shape index (κ2) is 8.83. The molecule has 0 aliphatic heterocycles. The fourth-order valence-corrected chi connectivity index (χ4v) is 5.99. The molecule has 0 bridgehead atoms. The lowest BCUT2D eigenvalue weighted by molar-refractivity contribution is -0.116. The molecule has 1 aliphatic carbocycles. The number of hydrogen-bond donors (Lipinski definition) is 1. The van der Waals surface area contributed by atoms with Crippen molar-refractivity contribution < 1.29 is 4.79 Å². The standard InChI is InChI=1S/C26H25N3O3S/c1-17(18-10-4-2-5-11-18)29-24(31)23-20-14-8-9-15-21(20)33-25(23)28(26(29)32)16-22(30)27-19-12-6-3-7-13-19/h2-7,10-13,17H,8-9,14-16H2,1H3,(H,27,30). The molecule has 1 aliphatic rings. The Hall–Kier alpha value is -3.45. The van der Waals surface area contributed by atoms with Gasteiger partial charge in [-0.05, 0) is 55.9 Å². The summed E-state index contributed by atoms with van der Waals surface area (Å²) in [6.45, 7) is 1.71. The average Bonchev–Trinajstić information content (AvgIpc) is 3.23. The van der Waals surface area contributed by atoms with Crippen LogP contribution in [0.1, 0.15) is 41.8 Å². The first-order chi connectivity index (χ1) is 16.0. The van der Waals surface area contributed by atoms with Crippen LogP contribution >= 0.6 is 11.3 Å². The van der Waals surface area contributed by atoms with E-state index >= 15 is 0 Å². The van der Waals surface area contributed by atoms with Gasteiger partial charge in [-0.1, -0.05) is 48.5 Å². The van der Waals surface area contributed by atoms with Crippen LogP contribution in [0, 0.1) is 0 Å². The number of carbonyl (C=O) groups excluding carboxylic acids is 1. The molecule has 0 saturated carbocycles. The molecule has 0 spiro atoms. The van der Waals surface area contributed by atoms with Crippen LogP contribution < -0.4 is 16.6 Å². The van der Waals surface area contributed by atoms with Crippen LogP contribution in [-0.4, -0.2) is 15.0 Å². The van der Waals surface area contributed by atoms with Crippen molar-refractivity contribution in [3.8, 4) is 0 Å². The number of hydrogen-bond acceptors (Lipinski definition) is 4. The molecule has 1 atom stereocenters. The van der Waals surface area contributed by atoms with Crippen molar-refractivity contribution in [1.82, 2.24) is 9.13 Å². The summed E-state index contributed by atoms with van der Waals surface area (Å²) in [6.07, 6.45) is 3.85. The number of anilines is 1. The predicted molar refractivity (Wildman–Crippen MR) is 132 cm³/mol. The highest BCUT2D eigenvalue weighted by Crippen LogP contribution is 2.34. The Kier molecular flexibility index (Phi) is 5.72. The number of aryl methyl sites for hydroxylation is 2. The fourth-order valence-electron chi connectivity index (χ4n) is 4.61. The zero-order valence-electron chi connectivity index (χ0n) is 18.4. The van der Waals surface area contributed by atoms with Crippen LogP contribution in [0.2, 0.25) is 0 Å². The molecule has 5 rings (SSSR count). The van der Waals surface area contributed by atoms with Gasteiger partial charge in [0.15, 0.2) is 0 Å². The third kappa shape index (κ3) is 3.93. The monoisotopic (exact) mass is 459 g/mol. The third-order valence-electron chi connectivity index (χ3n) is 6.30. The molecule has 2 heterocycles. The normalized spacial score (nSPS) is 14.1. The van der Waals surface area contributed by atoms with Crippen molar-refractivity contribution in [2.45, 2.75) is 45.2 Å². The van der Waals surface area contributed by atoms with Gasteiger partial charge in [0.25, 0.3) is 5.56 Å². The number of nitrogens with zero attached hydrogens (tertiary/aromatic N) is 2. The van der Waals surface area contributed by atoms with E-state index in [-0.39, 0.29) is 18.0 Å². The highest BCUT2D eigenvalue weighted by molar-refractivity contribution is 7.18. The Morgan fingerprint density at radius 1 is 1.00 bits per heavy atom. The van der Waals surface area contributed by atoms with Crippen LogP contribution in [0.25, 0.3) is 10.2 Å². The maximum absolute atomic E-state index is 13.7. The van der Waals surface area contributed by atoms with Crippen LogP contribution in [-0.2, 0) is 24.2 Å². The molecule has 168 valence electrons. The van der Waals surface area contributed by atoms with Gasteiger partial charge >= 0.3 is 5.69 Å². The maximum atomic E-state index is 13.7. The molecule has 4 aromatic rings. The SMILES string of the molecule is CC(c1ccccc1)n1c(=O)c2c3c(sc2n(CC(=O)Nc2ccccc2)c1=O)CCCC3. The van der Waals surface area contributed by atoms with Crippen LogP contribution in [0.15, 0.2) is 70.3 Å². The summed E-state index contributed by atoms with van der Waals surface area (Å²) in [5.74, 6) is -0.298. The Labute approximate surface area is 195 Å². The van der Waals surface area contributed by atoms with Gasteiger partial charge in [-0.25, -0.2) is 4.79 Å². The number of amides is 1. The minimum atomic E-state index is -0.453. The van der Waals surface area contributed by atoms with Gasteiger partial charge in [0.2, 0.25) is 5.91 Å². The van der Waals surface area contributed by atoms with E-state index in [0.717, 1.165) is 41.7 Å². The first-order valence-corrected chi connectivity index (χ1v) is 12.1. The number of para-hydroxylation sites is 1. The van der Waals surface area contributed by atoms with E-state index in [9.17, 15) is 14.4 Å². The van der Waals surface area contributed by atoms with E-state index in [1.165, 1.54) is 20.5 Å². The maximum Gasteiger partial charge on any atom is 0.333 e. The fraction of sp³-hybridized carbons (Fsp3) is 0.269. The number of benzene rings is 2. The predicted octanol–water partition coefficient (Wildman–Crippen LogP) is 4.35. The second-order valence-electron chi connectivity index (χ2n) is 8.44. The van der Waals surface area contributed by atoms with Crippen LogP contribution in [0.5, 0.6) is 0 Å². The van der Waals surface area contributed by atoms with Crippen molar-refractivity contribution in [1.29, 1.82) is 0 Å². The van der Waals surface area contributed by atoms with Gasteiger partial charge < -0.3 is 5.32 Å². The zero-order valence-corrected chi connectivity index (χ0v) is 19.2. The van der Waals surface area contributed by atoms with E-state index < -0.39 is 11.7 Å². The molecule has 33 heavy (non-hydrogen) atoms. The lowest BCUT2D eigenvalue weighted by Crippen LogP contribution is -2.43. The summed E-state index contributed by atoms with van der Waals surface area (Å²) in [4.78, 5) is 42.0. The highest BCUT2D eigenvalue weighted by Gasteiger charge is 2.26. The van der Waals surface area contributed by atoms with Gasteiger partial charge in [0, 0.05) is 10.6 Å². The van der Waals surface area contributed by atoms with Crippen LogP contribution in [0.4, 0.5) is 5.69 Å². The molecule has 0 radical (unpaired) electrons. The first-order valence-electron chi connectivity index (χ1n) is 11.2. The van der Waals surface area contributed by atoms with E-state index in [1.807, 2.05) is 55.5 Å². The van der Waals surface area contributed by atoms with Gasteiger partial charge in [-0.2, -0.15) is 0 Å². The van der Waals surface area contributed by atoms with Gasteiger partial charge in [-0.15, -0.1) is 11.3 Å². The van der Waals surface area contributed by atoms with Crippen molar-refractivity contribution >= 4 is 33.1 Å². The molecular formula is C26H25N3O3S. The van der Waals surface area contributed by atoms with Gasteiger partial charge in [-0.3, -0.25) is 18.7 Å². The molecular weight excluding hydrogens is 434 g/mol. The molecule has 2 aromatic heterocycles. The molecule has 0 fully saturated rings. The Morgan fingerprint density at radius 3 is 2.39 bits per heavy atom. The average molecular weight is 460 g/mol. The van der Waals surface area contributed by atoms with E-state index in [1.54, 1.807) is 12.1 Å². The molecule has 1 amide bonds. The largest absolute Gasteiger partial charge is 0.333 e. The van der Waals surface area contributed by atoms with Crippen LogP contribution in [0.3, 0.4) is 0 Å². The summed E-state index contributed by atoms with van der Waals surface area (Å²) in [5, 5.41) is 3.46. The molecule has 6 nitrogen and oxygen atoms in total. The van der Waals surface area contributed by atoms with Crippen molar-refractivity contribution in [2.24, 2.45) is 0 Å². The lowest BCUT2D eigenvalue weighted by atomic mass is 9.97. The topological polar surface area (TPSA) is 73.1 Å². The number of rotatable bonds is 5. The van der Waals surface area contributed by atoms with Gasteiger partial charge in [0.05, 0.1) is 11.4 Å². The summed E-state index contributed by atoms with van der Waals surface area (Å²) in [6, 6.07) is 18.2. The molecule has 1 N–H and O–H groups in total. The Bertz CT molecular complexity index is 1440.